The predicted octanol–water partition coefficient (Wildman–Crippen LogP) is 3.72. The highest BCUT2D eigenvalue weighted by Gasteiger charge is 2.25. The number of thiophene rings is 1. The van der Waals surface area contributed by atoms with Crippen molar-refractivity contribution in [3.63, 3.8) is 0 Å². The van der Waals surface area contributed by atoms with Gasteiger partial charge in [0.25, 0.3) is 0 Å². The third-order valence-electron chi connectivity index (χ3n) is 5.32. The van der Waals surface area contributed by atoms with Crippen molar-refractivity contribution in [2.24, 2.45) is 16.5 Å². The van der Waals surface area contributed by atoms with Gasteiger partial charge in [-0.1, -0.05) is 18.2 Å². The molecule has 0 atom stereocenters. The van der Waals surface area contributed by atoms with Crippen LogP contribution in [0.25, 0.3) is 11.1 Å². The van der Waals surface area contributed by atoms with Crippen molar-refractivity contribution in [3.05, 3.63) is 59.0 Å². The highest BCUT2D eigenvalue weighted by atomic mass is 32.2. The molecule has 0 aliphatic heterocycles. The van der Waals surface area contributed by atoms with Gasteiger partial charge in [0.05, 0.1) is 24.6 Å². The topological polar surface area (TPSA) is 169 Å². The summed E-state index contributed by atoms with van der Waals surface area (Å²) in [6.07, 6.45) is 3.36. The van der Waals surface area contributed by atoms with Gasteiger partial charge in [-0.25, -0.2) is 16.8 Å². The molecule has 0 aliphatic rings. The van der Waals surface area contributed by atoms with Crippen molar-refractivity contribution in [3.8, 4) is 11.1 Å². The maximum Gasteiger partial charge on any atom is 0.208 e. The van der Waals surface area contributed by atoms with Crippen LogP contribution in [0.3, 0.4) is 0 Å². The maximum atomic E-state index is 13.5. The molecule has 3 rings (SSSR count). The number of nitrogens with one attached hydrogen (secondary N) is 2. The fraction of sp³-hybridized carbons (Fsp3) is 0.250. The quantitative estimate of drug-likeness (QED) is 0.122. The average Bonchev–Trinajstić information content (AvgIpc) is 3.27. The van der Waals surface area contributed by atoms with Gasteiger partial charge in [0.15, 0.2) is 5.96 Å². The number of hydrogen-bond donors (Lipinski definition) is 4. The number of rotatable bonds is 10. The molecule has 13 heteroatoms. The summed E-state index contributed by atoms with van der Waals surface area (Å²) in [4.78, 5) is 4.87. The van der Waals surface area contributed by atoms with E-state index in [9.17, 15) is 16.8 Å². The zero-order chi connectivity index (χ0) is 27.4. The van der Waals surface area contributed by atoms with Crippen molar-refractivity contribution >= 4 is 60.3 Å². The average molecular weight is 580 g/mol. The fourth-order valence-corrected chi connectivity index (χ4v) is 8.11. The number of anilines is 1. The van der Waals surface area contributed by atoms with Gasteiger partial charge >= 0.3 is 0 Å². The Hall–Kier alpha value is -2.87. The van der Waals surface area contributed by atoms with E-state index in [4.69, 9.17) is 16.9 Å². The van der Waals surface area contributed by atoms with E-state index in [-0.39, 0.29) is 27.3 Å². The molecule has 1 heterocycles. The first-order valence-electron chi connectivity index (χ1n) is 11.0. The molecule has 9 nitrogen and oxygen atoms in total. The van der Waals surface area contributed by atoms with Crippen molar-refractivity contribution in [2.45, 2.75) is 27.3 Å². The van der Waals surface area contributed by atoms with Gasteiger partial charge < -0.3 is 16.8 Å². The highest BCUT2D eigenvalue weighted by molar-refractivity contribution is 8.01. The lowest BCUT2D eigenvalue weighted by molar-refractivity contribution is 0.594. The molecule has 0 saturated heterocycles. The van der Waals surface area contributed by atoms with Crippen molar-refractivity contribution in [1.29, 1.82) is 5.41 Å². The van der Waals surface area contributed by atoms with E-state index >= 15 is 0 Å². The number of nitrogens with two attached hydrogens (primary N) is 2. The summed E-state index contributed by atoms with van der Waals surface area (Å²) >= 11 is 2.49. The highest BCUT2D eigenvalue weighted by Crippen LogP contribution is 2.38. The van der Waals surface area contributed by atoms with E-state index in [1.165, 1.54) is 35.4 Å². The summed E-state index contributed by atoms with van der Waals surface area (Å²) < 4.78 is 49.9. The summed E-state index contributed by atoms with van der Waals surface area (Å²) in [6, 6.07) is 13.7. The summed E-state index contributed by atoms with van der Waals surface area (Å²) in [6.45, 7) is 2.20. The molecular formula is C24H29N5O4S4. The summed E-state index contributed by atoms with van der Waals surface area (Å²) in [5.74, 6) is 0.0633. The van der Waals surface area contributed by atoms with E-state index in [0.29, 0.717) is 27.7 Å². The number of benzene rings is 2. The first-order valence-corrected chi connectivity index (χ1v) is 16.6. The van der Waals surface area contributed by atoms with E-state index in [0.717, 1.165) is 16.7 Å². The van der Waals surface area contributed by atoms with Gasteiger partial charge in [-0.05, 0) is 66.6 Å². The number of amidine groups is 1. The largest absolute Gasteiger partial charge is 0.383 e. The van der Waals surface area contributed by atoms with E-state index in [2.05, 4.69) is 10.3 Å². The van der Waals surface area contributed by atoms with Crippen LogP contribution < -0.4 is 16.8 Å². The minimum absolute atomic E-state index is 0.0509. The molecule has 1 aromatic heterocycles. The van der Waals surface area contributed by atoms with Crippen molar-refractivity contribution in [2.75, 3.05) is 30.1 Å². The Balaban J connectivity index is 1.84. The maximum absolute atomic E-state index is 13.5. The van der Waals surface area contributed by atoms with Crippen LogP contribution >= 0.6 is 23.1 Å². The smallest absolute Gasteiger partial charge is 0.208 e. The zero-order valence-electron chi connectivity index (χ0n) is 20.6. The number of hydrogen-bond acceptors (Lipinski definition) is 8. The number of nitrogens with zero attached hydrogens (tertiary/aromatic N) is 1. The molecule has 0 saturated carbocycles. The van der Waals surface area contributed by atoms with Gasteiger partial charge in [-0.15, -0.1) is 23.1 Å². The monoisotopic (exact) mass is 579 g/mol. The second-order valence-corrected chi connectivity index (χ2v) is 14.6. The third kappa shape index (κ3) is 7.34. The van der Waals surface area contributed by atoms with Gasteiger partial charge in [0, 0.05) is 18.5 Å². The molecule has 0 radical (unpaired) electrons. The molecule has 2 aromatic carbocycles. The SMILES string of the molecule is CSc1sc(C(=N)N)cc1S(=O)(=O)c1cccc(-c2ccc(NC(N)=NCCCS(C)(=O)=O)cc2C)c1. The molecule has 0 amide bonds. The van der Waals surface area contributed by atoms with E-state index < -0.39 is 19.7 Å². The van der Waals surface area contributed by atoms with Gasteiger partial charge in [0.2, 0.25) is 9.84 Å². The standard InChI is InChI=1S/C24H29N5O4S4/c1-15-12-17(29-24(27)28-10-5-11-36(3,30)31)8-9-19(15)16-6-4-7-18(13-16)37(32,33)21-14-20(22(25)26)35-23(21)34-2/h4,6-9,12-14H,5,10-11H2,1-3H3,(H3,25,26)(H3,27,28,29). The van der Waals surface area contributed by atoms with Crippen LogP contribution in [0.1, 0.15) is 16.9 Å². The minimum atomic E-state index is -3.83. The first-order chi connectivity index (χ1) is 17.3. The van der Waals surface area contributed by atoms with Crippen LogP contribution in [0.15, 0.2) is 67.5 Å². The summed E-state index contributed by atoms with van der Waals surface area (Å²) in [7, 11) is -6.86. The van der Waals surface area contributed by atoms with Gasteiger partial charge in [0.1, 0.15) is 15.7 Å². The number of aliphatic imine (C=N–C) groups is 1. The number of guanidine groups is 1. The summed E-state index contributed by atoms with van der Waals surface area (Å²) in [5.41, 5.74) is 14.7. The minimum Gasteiger partial charge on any atom is -0.383 e. The Morgan fingerprint density at radius 2 is 1.84 bits per heavy atom. The second kappa shape index (κ2) is 11.7. The van der Waals surface area contributed by atoms with Crippen LogP contribution in [0.4, 0.5) is 5.69 Å². The fourth-order valence-electron chi connectivity index (χ4n) is 3.56. The molecular weight excluding hydrogens is 551 g/mol. The van der Waals surface area contributed by atoms with Crippen molar-refractivity contribution < 1.29 is 16.8 Å². The van der Waals surface area contributed by atoms with E-state index in [1.54, 1.807) is 24.5 Å². The Morgan fingerprint density at radius 3 is 2.46 bits per heavy atom. The number of nitrogen functional groups attached to an aromatic ring is 1. The number of sulfone groups is 2. The molecule has 0 bridgehead atoms. The lowest BCUT2D eigenvalue weighted by Crippen LogP contribution is -2.23. The Bertz CT molecular complexity index is 1560. The normalized spacial score (nSPS) is 12.5. The second-order valence-electron chi connectivity index (χ2n) is 8.32. The Kier molecular flexibility index (Phi) is 9.05. The van der Waals surface area contributed by atoms with E-state index in [1.807, 2.05) is 31.2 Å². The number of aryl methyl sites for hydroxylation is 1. The Morgan fingerprint density at radius 1 is 1.11 bits per heavy atom. The predicted molar refractivity (Wildman–Crippen MR) is 154 cm³/mol. The molecule has 3 aromatic rings. The van der Waals surface area contributed by atoms with Crippen LogP contribution in [0, 0.1) is 12.3 Å². The van der Waals surface area contributed by atoms with Crippen molar-refractivity contribution in [1.82, 2.24) is 0 Å². The third-order valence-corrected chi connectivity index (χ3v) is 10.7. The van der Waals surface area contributed by atoms with Crippen LogP contribution in [0.2, 0.25) is 0 Å². The zero-order valence-corrected chi connectivity index (χ0v) is 23.9. The molecule has 0 unspecified atom stereocenters. The molecule has 198 valence electrons. The molecule has 0 fully saturated rings. The molecule has 0 spiro atoms. The lowest BCUT2D eigenvalue weighted by atomic mass is 10.00. The Labute approximate surface area is 225 Å². The summed E-state index contributed by atoms with van der Waals surface area (Å²) in [5, 5.41) is 10.7. The lowest BCUT2D eigenvalue weighted by Gasteiger charge is -2.12. The first kappa shape index (κ1) is 28.7. The van der Waals surface area contributed by atoms with Crippen LogP contribution in [0.5, 0.6) is 0 Å². The van der Waals surface area contributed by atoms with Gasteiger partial charge in [-0.2, -0.15) is 0 Å². The van der Waals surface area contributed by atoms with Crippen LogP contribution in [-0.4, -0.2) is 53.4 Å². The molecule has 6 N–H and O–H groups in total. The molecule has 37 heavy (non-hydrogen) atoms. The van der Waals surface area contributed by atoms with Crippen LogP contribution in [-0.2, 0) is 19.7 Å². The molecule has 0 aliphatic carbocycles. The van der Waals surface area contributed by atoms with Gasteiger partial charge in [-0.3, -0.25) is 10.4 Å². The number of thioether (sulfide) groups is 1.